The van der Waals surface area contributed by atoms with E-state index >= 15 is 0 Å². The van der Waals surface area contributed by atoms with Gasteiger partial charge in [0.2, 0.25) is 0 Å². The van der Waals surface area contributed by atoms with Crippen LogP contribution in [-0.4, -0.2) is 18.0 Å². The maximum absolute atomic E-state index is 11.5. The lowest BCUT2D eigenvalue weighted by atomic mass is 9.90. The highest BCUT2D eigenvalue weighted by Crippen LogP contribution is 2.32. The molecule has 1 aromatic rings. The number of carbonyl (C=O) groups is 1. The topological polar surface area (TPSA) is 46.5 Å². The first-order valence-electron chi connectivity index (χ1n) is 4.65. The smallest absolute Gasteiger partial charge is 0.163 e. The second-order valence-electron chi connectivity index (χ2n) is 3.46. The van der Waals surface area contributed by atoms with Gasteiger partial charge in [-0.25, -0.2) is 0 Å². The third kappa shape index (κ3) is 1.35. The maximum Gasteiger partial charge on any atom is 0.163 e. The Bertz CT molecular complexity index is 382. The van der Waals surface area contributed by atoms with Crippen LogP contribution in [0.5, 0.6) is 11.5 Å². The Labute approximate surface area is 82.3 Å². The third-order valence-corrected chi connectivity index (χ3v) is 2.56. The number of hydrogen-bond donors (Lipinski definition) is 1. The molecule has 1 aliphatic carbocycles. The van der Waals surface area contributed by atoms with Crippen LogP contribution in [0.4, 0.5) is 0 Å². The molecule has 3 nitrogen and oxygen atoms in total. The SMILES string of the molecule is COc1cc2c(cc1O)CCCC2=O. The highest BCUT2D eigenvalue weighted by Gasteiger charge is 2.19. The van der Waals surface area contributed by atoms with E-state index in [1.165, 1.54) is 7.11 Å². The molecule has 2 rings (SSSR count). The van der Waals surface area contributed by atoms with Crippen molar-refractivity contribution in [3.63, 3.8) is 0 Å². The van der Waals surface area contributed by atoms with Crippen LogP contribution in [0, 0.1) is 0 Å². The number of methoxy groups -OCH3 is 1. The number of benzene rings is 1. The minimum Gasteiger partial charge on any atom is -0.504 e. The lowest BCUT2D eigenvalue weighted by molar-refractivity contribution is 0.0972. The average molecular weight is 192 g/mol. The van der Waals surface area contributed by atoms with Crippen molar-refractivity contribution in [2.75, 3.05) is 7.11 Å². The van der Waals surface area contributed by atoms with Crippen molar-refractivity contribution in [1.82, 2.24) is 0 Å². The molecule has 0 fully saturated rings. The molecule has 0 saturated carbocycles. The van der Waals surface area contributed by atoms with Crippen molar-refractivity contribution < 1.29 is 14.6 Å². The molecule has 0 heterocycles. The predicted octanol–water partition coefficient (Wildman–Crippen LogP) is 1.92. The van der Waals surface area contributed by atoms with Crippen LogP contribution < -0.4 is 4.74 Å². The van der Waals surface area contributed by atoms with E-state index in [-0.39, 0.29) is 11.5 Å². The van der Waals surface area contributed by atoms with E-state index in [9.17, 15) is 9.90 Å². The van der Waals surface area contributed by atoms with E-state index < -0.39 is 0 Å². The number of aromatic hydroxyl groups is 1. The second kappa shape index (κ2) is 3.33. The molecular formula is C11H12O3. The monoisotopic (exact) mass is 192 g/mol. The summed E-state index contributed by atoms with van der Waals surface area (Å²) in [5.41, 5.74) is 1.63. The molecule has 0 radical (unpaired) electrons. The quantitative estimate of drug-likeness (QED) is 0.739. The van der Waals surface area contributed by atoms with Gasteiger partial charge in [0.25, 0.3) is 0 Å². The molecular weight excluding hydrogens is 180 g/mol. The van der Waals surface area contributed by atoms with Crippen molar-refractivity contribution >= 4 is 5.78 Å². The van der Waals surface area contributed by atoms with Crippen LogP contribution in [0.25, 0.3) is 0 Å². The summed E-state index contributed by atoms with van der Waals surface area (Å²) in [5.74, 6) is 0.629. The Kier molecular flexibility index (Phi) is 2.15. The van der Waals surface area contributed by atoms with Crippen LogP contribution in [0.2, 0.25) is 0 Å². The highest BCUT2D eigenvalue weighted by molar-refractivity contribution is 5.99. The van der Waals surface area contributed by atoms with Crippen LogP contribution in [0.3, 0.4) is 0 Å². The van der Waals surface area contributed by atoms with Gasteiger partial charge in [-0.2, -0.15) is 0 Å². The third-order valence-electron chi connectivity index (χ3n) is 2.56. The molecule has 74 valence electrons. The zero-order chi connectivity index (χ0) is 10.1. The normalized spacial score (nSPS) is 15.1. The standard InChI is InChI=1S/C11H12O3/c1-14-11-6-8-7(5-10(11)13)3-2-4-9(8)12/h5-6,13H,2-4H2,1H3. The summed E-state index contributed by atoms with van der Waals surface area (Å²) in [6.07, 6.45) is 2.33. The molecule has 0 amide bonds. The van der Waals surface area contributed by atoms with Gasteiger partial charge in [-0.3, -0.25) is 4.79 Å². The average Bonchev–Trinajstić information content (AvgIpc) is 2.17. The molecule has 1 N–H and O–H groups in total. The van der Waals surface area contributed by atoms with Gasteiger partial charge >= 0.3 is 0 Å². The predicted molar refractivity (Wildman–Crippen MR) is 51.9 cm³/mol. The first kappa shape index (κ1) is 9.06. The molecule has 0 aliphatic heterocycles. The summed E-state index contributed by atoms with van der Waals surface area (Å²) in [6, 6.07) is 3.26. The van der Waals surface area contributed by atoms with Crippen LogP contribution in [0.15, 0.2) is 12.1 Å². The summed E-state index contributed by atoms with van der Waals surface area (Å²) in [6.45, 7) is 0. The number of phenolic OH excluding ortho intramolecular Hbond substituents is 1. The Hall–Kier alpha value is -1.51. The summed E-state index contributed by atoms with van der Waals surface area (Å²) >= 11 is 0. The van der Waals surface area contributed by atoms with E-state index in [1.807, 2.05) is 0 Å². The molecule has 0 atom stereocenters. The van der Waals surface area contributed by atoms with Crippen LogP contribution in [-0.2, 0) is 6.42 Å². The van der Waals surface area contributed by atoms with Gasteiger partial charge in [0.15, 0.2) is 17.3 Å². The first-order chi connectivity index (χ1) is 6.72. The van der Waals surface area contributed by atoms with Crippen molar-refractivity contribution in [3.8, 4) is 11.5 Å². The minimum atomic E-state index is 0.112. The molecule has 3 heteroatoms. The summed E-state index contributed by atoms with van der Waals surface area (Å²) in [7, 11) is 1.48. The fourth-order valence-electron chi connectivity index (χ4n) is 1.82. The number of ketones is 1. The van der Waals surface area contributed by atoms with Crippen molar-refractivity contribution in [1.29, 1.82) is 0 Å². The van der Waals surface area contributed by atoms with Crippen molar-refractivity contribution in [2.24, 2.45) is 0 Å². The Balaban J connectivity index is 2.54. The maximum atomic E-state index is 11.5. The van der Waals surface area contributed by atoms with Gasteiger partial charge in [0.05, 0.1) is 7.11 Å². The fraction of sp³-hybridized carbons (Fsp3) is 0.364. The second-order valence-corrected chi connectivity index (χ2v) is 3.46. The highest BCUT2D eigenvalue weighted by atomic mass is 16.5. The number of phenols is 1. The van der Waals surface area contributed by atoms with Gasteiger partial charge in [-0.05, 0) is 30.5 Å². The van der Waals surface area contributed by atoms with E-state index in [0.29, 0.717) is 17.7 Å². The van der Waals surface area contributed by atoms with E-state index in [0.717, 1.165) is 18.4 Å². The fourth-order valence-corrected chi connectivity index (χ4v) is 1.82. The summed E-state index contributed by atoms with van der Waals surface area (Å²) in [4.78, 5) is 11.5. The van der Waals surface area contributed by atoms with Gasteiger partial charge in [0, 0.05) is 12.0 Å². The lowest BCUT2D eigenvalue weighted by Gasteiger charge is -2.16. The molecule has 0 spiro atoms. The number of aryl methyl sites for hydroxylation is 1. The number of ether oxygens (including phenoxy) is 1. The lowest BCUT2D eigenvalue weighted by Crippen LogP contribution is -2.10. The van der Waals surface area contributed by atoms with E-state index in [4.69, 9.17) is 4.74 Å². The number of fused-ring (bicyclic) bond motifs is 1. The van der Waals surface area contributed by atoms with Gasteiger partial charge < -0.3 is 9.84 Å². The molecule has 14 heavy (non-hydrogen) atoms. The van der Waals surface area contributed by atoms with Crippen molar-refractivity contribution in [3.05, 3.63) is 23.3 Å². The van der Waals surface area contributed by atoms with E-state index in [2.05, 4.69) is 0 Å². The first-order valence-corrected chi connectivity index (χ1v) is 4.65. The van der Waals surface area contributed by atoms with Gasteiger partial charge in [-0.15, -0.1) is 0 Å². The number of carbonyl (C=O) groups excluding carboxylic acids is 1. The Morgan fingerprint density at radius 3 is 2.86 bits per heavy atom. The summed E-state index contributed by atoms with van der Waals surface area (Å²) < 4.78 is 4.96. The molecule has 1 aliphatic rings. The number of rotatable bonds is 1. The van der Waals surface area contributed by atoms with Gasteiger partial charge in [0.1, 0.15) is 0 Å². The van der Waals surface area contributed by atoms with Gasteiger partial charge in [-0.1, -0.05) is 0 Å². The summed E-state index contributed by atoms with van der Waals surface area (Å²) in [5, 5.41) is 9.52. The zero-order valence-electron chi connectivity index (χ0n) is 8.04. The molecule has 0 unspecified atom stereocenters. The van der Waals surface area contributed by atoms with Crippen molar-refractivity contribution in [2.45, 2.75) is 19.3 Å². The van der Waals surface area contributed by atoms with Crippen LogP contribution in [0.1, 0.15) is 28.8 Å². The largest absolute Gasteiger partial charge is 0.504 e. The zero-order valence-corrected chi connectivity index (χ0v) is 8.04. The Morgan fingerprint density at radius 2 is 2.14 bits per heavy atom. The molecule has 0 bridgehead atoms. The van der Waals surface area contributed by atoms with Crippen LogP contribution >= 0.6 is 0 Å². The minimum absolute atomic E-state index is 0.112. The molecule has 1 aromatic carbocycles. The Morgan fingerprint density at radius 1 is 1.36 bits per heavy atom. The number of hydrogen-bond acceptors (Lipinski definition) is 3. The molecule has 0 saturated heterocycles. The number of Topliss-reactive ketones (excluding diaryl/α,β-unsaturated/α-hetero) is 1. The van der Waals surface area contributed by atoms with E-state index in [1.54, 1.807) is 12.1 Å². The molecule has 0 aromatic heterocycles.